The molecule has 0 saturated heterocycles. The number of nitrogens with one attached hydrogen (secondary N) is 2. The average molecular weight is 238 g/mol. The van der Waals surface area contributed by atoms with Gasteiger partial charge in [-0.15, -0.1) is 5.10 Å². The molecule has 0 radical (unpaired) electrons. The van der Waals surface area contributed by atoms with E-state index < -0.39 is 0 Å². The Balaban J connectivity index is 1.89. The summed E-state index contributed by atoms with van der Waals surface area (Å²) in [6, 6.07) is 0.378. The van der Waals surface area contributed by atoms with E-state index in [9.17, 15) is 0 Å². The summed E-state index contributed by atoms with van der Waals surface area (Å²) < 4.78 is 10.0. The first kappa shape index (κ1) is 11.5. The van der Waals surface area contributed by atoms with Gasteiger partial charge in [-0.2, -0.15) is 4.98 Å². The Morgan fingerprint density at radius 2 is 2.29 bits per heavy atom. The van der Waals surface area contributed by atoms with E-state index in [4.69, 9.17) is 4.42 Å². The third-order valence-corrected chi connectivity index (χ3v) is 2.13. The summed E-state index contributed by atoms with van der Waals surface area (Å²) in [6.45, 7) is 5.20. The zero-order chi connectivity index (χ0) is 12.1. The highest BCUT2D eigenvalue weighted by atomic mass is 16.5. The van der Waals surface area contributed by atoms with E-state index in [-0.39, 0.29) is 6.04 Å². The van der Waals surface area contributed by atoms with Crippen LogP contribution in [0.15, 0.2) is 15.3 Å². The van der Waals surface area contributed by atoms with E-state index in [1.54, 1.807) is 0 Å². The lowest BCUT2D eigenvalue weighted by atomic mass is 10.3. The maximum absolute atomic E-state index is 5.41. The standard InChI is InChI=1S/C9H14N6O2/c1-3-10-6(2)8-13-14-9(17-8)11-4-7-12-5-16-15-7/h5-6,10H,3-4H2,1-2H3,(H,11,14). The first-order valence-corrected chi connectivity index (χ1v) is 5.35. The Bertz CT molecular complexity index is 440. The van der Waals surface area contributed by atoms with Crippen LogP contribution in [0.5, 0.6) is 0 Å². The van der Waals surface area contributed by atoms with Gasteiger partial charge in [-0.05, 0) is 13.5 Å². The van der Waals surface area contributed by atoms with Gasteiger partial charge in [-0.1, -0.05) is 17.2 Å². The number of aromatic nitrogens is 4. The van der Waals surface area contributed by atoms with E-state index in [1.165, 1.54) is 6.39 Å². The first-order valence-electron chi connectivity index (χ1n) is 5.35. The second kappa shape index (κ2) is 5.39. The molecule has 8 heteroatoms. The minimum absolute atomic E-state index is 0.0354. The van der Waals surface area contributed by atoms with Crippen LogP contribution in [0.25, 0.3) is 0 Å². The maximum atomic E-state index is 5.41. The Morgan fingerprint density at radius 1 is 1.41 bits per heavy atom. The fraction of sp³-hybridized carbons (Fsp3) is 0.556. The smallest absolute Gasteiger partial charge is 0.315 e. The number of rotatable bonds is 6. The molecule has 92 valence electrons. The summed E-state index contributed by atoms with van der Waals surface area (Å²) in [5.41, 5.74) is 0. The molecule has 2 aromatic rings. The predicted octanol–water partition coefficient (Wildman–Crippen LogP) is 0.735. The molecule has 2 rings (SSSR count). The molecule has 2 N–H and O–H groups in total. The maximum Gasteiger partial charge on any atom is 0.315 e. The molecule has 0 fully saturated rings. The van der Waals surface area contributed by atoms with Crippen molar-refractivity contribution in [2.75, 3.05) is 11.9 Å². The second-order valence-corrected chi connectivity index (χ2v) is 3.43. The van der Waals surface area contributed by atoms with Crippen LogP contribution in [0.4, 0.5) is 6.01 Å². The molecular weight excluding hydrogens is 224 g/mol. The zero-order valence-corrected chi connectivity index (χ0v) is 9.67. The molecule has 8 nitrogen and oxygen atoms in total. The Kier molecular flexibility index (Phi) is 3.66. The molecule has 0 saturated carbocycles. The molecule has 2 heterocycles. The van der Waals surface area contributed by atoms with Crippen molar-refractivity contribution in [1.29, 1.82) is 0 Å². The van der Waals surface area contributed by atoms with Crippen LogP contribution in [-0.4, -0.2) is 26.9 Å². The lowest BCUT2D eigenvalue weighted by Gasteiger charge is -2.05. The van der Waals surface area contributed by atoms with Crippen molar-refractivity contribution in [3.8, 4) is 0 Å². The van der Waals surface area contributed by atoms with Crippen molar-refractivity contribution in [3.05, 3.63) is 18.1 Å². The van der Waals surface area contributed by atoms with Crippen LogP contribution in [0, 0.1) is 0 Å². The molecule has 17 heavy (non-hydrogen) atoms. The van der Waals surface area contributed by atoms with Gasteiger partial charge >= 0.3 is 6.01 Å². The van der Waals surface area contributed by atoms with Gasteiger partial charge in [0, 0.05) is 0 Å². The average Bonchev–Trinajstić information content (AvgIpc) is 2.98. The molecule has 0 aliphatic carbocycles. The SMILES string of the molecule is CCNC(C)c1nnc(NCc2ncon2)o1. The van der Waals surface area contributed by atoms with Gasteiger partial charge in [0.25, 0.3) is 0 Å². The lowest BCUT2D eigenvalue weighted by molar-refractivity contribution is 0.409. The van der Waals surface area contributed by atoms with E-state index in [0.29, 0.717) is 24.3 Å². The lowest BCUT2D eigenvalue weighted by Crippen LogP contribution is -2.17. The third kappa shape index (κ3) is 3.00. The number of nitrogens with zero attached hydrogens (tertiary/aromatic N) is 4. The van der Waals surface area contributed by atoms with Gasteiger partial charge < -0.3 is 19.6 Å². The van der Waals surface area contributed by atoms with Crippen molar-refractivity contribution in [1.82, 2.24) is 25.7 Å². The van der Waals surface area contributed by atoms with Crippen molar-refractivity contribution >= 4 is 6.01 Å². The summed E-state index contributed by atoms with van der Waals surface area (Å²) in [5, 5.41) is 17.5. The molecule has 0 aromatic carbocycles. The van der Waals surface area contributed by atoms with Crippen LogP contribution in [0.2, 0.25) is 0 Å². The molecule has 0 amide bonds. The van der Waals surface area contributed by atoms with Crippen molar-refractivity contribution < 1.29 is 8.94 Å². The van der Waals surface area contributed by atoms with Gasteiger partial charge in [0.2, 0.25) is 12.3 Å². The molecule has 1 unspecified atom stereocenters. The van der Waals surface area contributed by atoms with Crippen LogP contribution < -0.4 is 10.6 Å². The van der Waals surface area contributed by atoms with Crippen molar-refractivity contribution in [2.45, 2.75) is 26.4 Å². The number of hydrogen-bond donors (Lipinski definition) is 2. The van der Waals surface area contributed by atoms with Gasteiger partial charge in [0.15, 0.2) is 5.82 Å². The van der Waals surface area contributed by atoms with E-state index in [2.05, 4.69) is 35.5 Å². The quantitative estimate of drug-likeness (QED) is 0.759. The molecule has 0 aliphatic rings. The molecule has 0 aliphatic heterocycles. The Hall–Kier alpha value is -1.96. The highest BCUT2D eigenvalue weighted by Gasteiger charge is 2.12. The zero-order valence-electron chi connectivity index (χ0n) is 9.67. The summed E-state index contributed by atoms with van der Waals surface area (Å²) in [6.07, 6.45) is 1.27. The summed E-state index contributed by atoms with van der Waals surface area (Å²) in [7, 11) is 0. The summed E-state index contributed by atoms with van der Waals surface area (Å²) in [5.74, 6) is 1.08. The minimum atomic E-state index is 0.0354. The largest absolute Gasteiger partial charge is 0.406 e. The van der Waals surface area contributed by atoms with Gasteiger partial charge in [-0.3, -0.25) is 0 Å². The Labute approximate surface area is 97.8 Å². The summed E-state index contributed by atoms with van der Waals surface area (Å²) in [4.78, 5) is 3.86. The second-order valence-electron chi connectivity index (χ2n) is 3.43. The fourth-order valence-corrected chi connectivity index (χ4v) is 1.30. The predicted molar refractivity (Wildman–Crippen MR) is 58.0 cm³/mol. The van der Waals surface area contributed by atoms with Crippen LogP contribution in [0.1, 0.15) is 31.6 Å². The van der Waals surface area contributed by atoms with E-state index >= 15 is 0 Å². The third-order valence-electron chi connectivity index (χ3n) is 2.13. The molecule has 1 atom stereocenters. The van der Waals surface area contributed by atoms with E-state index in [1.807, 2.05) is 13.8 Å². The van der Waals surface area contributed by atoms with E-state index in [0.717, 1.165) is 6.54 Å². The van der Waals surface area contributed by atoms with Crippen LogP contribution >= 0.6 is 0 Å². The van der Waals surface area contributed by atoms with Gasteiger partial charge in [0.1, 0.15) is 0 Å². The highest BCUT2D eigenvalue weighted by molar-refractivity contribution is 5.17. The van der Waals surface area contributed by atoms with Gasteiger partial charge in [-0.25, -0.2) is 0 Å². The molecular formula is C9H14N6O2. The molecule has 0 spiro atoms. The van der Waals surface area contributed by atoms with Crippen molar-refractivity contribution in [3.63, 3.8) is 0 Å². The normalized spacial score (nSPS) is 12.6. The van der Waals surface area contributed by atoms with Gasteiger partial charge in [0.05, 0.1) is 12.6 Å². The first-order chi connectivity index (χ1) is 8.29. The summed E-state index contributed by atoms with van der Waals surface area (Å²) >= 11 is 0. The Morgan fingerprint density at radius 3 is 3.00 bits per heavy atom. The topological polar surface area (TPSA) is 102 Å². The van der Waals surface area contributed by atoms with Crippen LogP contribution in [-0.2, 0) is 6.54 Å². The molecule has 0 bridgehead atoms. The van der Waals surface area contributed by atoms with Crippen LogP contribution in [0.3, 0.4) is 0 Å². The fourth-order valence-electron chi connectivity index (χ4n) is 1.30. The number of anilines is 1. The monoisotopic (exact) mass is 238 g/mol. The molecule has 2 aromatic heterocycles. The minimum Gasteiger partial charge on any atom is -0.406 e. The number of hydrogen-bond acceptors (Lipinski definition) is 8. The van der Waals surface area contributed by atoms with Crippen molar-refractivity contribution in [2.24, 2.45) is 0 Å². The highest BCUT2D eigenvalue weighted by Crippen LogP contribution is 2.13.